The number of pyridine rings is 2. The summed E-state index contributed by atoms with van der Waals surface area (Å²) in [6, 6.07) is 14.7. The summed E-state index contributed by atoms with van der Waals surface area (Å²) in [5.74, 6) is 0.718. The normalized spacial score (nSPS) is 10.6. The van der Waals surface area contributed by atoms with Gasteiger partial charge in [-0.3, -0.25) is 9.78 Å². The predicted octanol–water partition coefficient (Wildman–Crippen LogP) is 3.79. The minimum atomic E-state index is -0.213. The van der Waals surface area contributed by atoms with Crippen LogP contribution >= 0.6 is 0 Å². The van der Waals surface area contributed by atoms with Crippen LogP contribution in [0.4, 0.5) is 0 Å². The highest BCUT2D eigenvalue weighted by molar-refractivity contribution is 5.95. The van der Waals surface area contributed by atoms with Crippen molar-refractivity contribution >= 4 is 5.91 Å². The van der Waals surface area contributed by atoms with E-state index in [-0.39, 0.29) is 5.91 Å². The molecule has 0 fully saturated rings. The van der Waals surface area contributed by atoms with Crippen molar-refractivity contribution < 1.29 is 9.53 Å². The van der Waals surface area contributed by atoms with Gasteiger partial charge in [-0.05, 0) is 55.0 Å². The van der Waals surface area contributed by atoms with E-state index in [9.17, 15) is 4.79 Å². The van der Waals surface area contributed by atoms with Crippen LogP contribution in [0.2, 0.25) is 0 Å². The van der Waals surface area contributed by atoms with Gasteiger partial charge in [0, 0.05) is 54.7 Å². The highest BCUT2D eigenvalue weighted by atomic mass is 16.5. The molecule has 1 amide bonds. The lowest BCUT2D eigenvalue weighted by Gasteiger charge is -2.13. The Morgan fingerprint density at radius 2 is 1.93 bits per heavy atom. The molecule has 0 aliphatic rings. The number of nitrogens with zero attached hydrogens (tertiary/aromatic N) is 4. The third-order valence-electron chi connectivity index (χ3n) is 4.34. The largest absolute Gasteiger partial charge is 0.438 e. The molecule has 4 aromatic rings. The molecule has 7 heteroatoms. The number of carbonyl (C=O) groups excluding carboxylic acids is 1. The van der Waals surface area contributed by atoms with E-state index in [4.69, 9.17) is 4.74 Å². The quantitative estimate of drug-likeness (QED) is 0.565. The fraction of sp³-hybridized carbons (Fsp3) is 0.0909. The Kier molecular flexibility index (Phi) is 5.03. The number of amides is 1. The van der Waals surface area contributed by atoms with Crippen molar-refractivity contribution in [2.45, 2.75) is 6.92 Å². The first-order valence-electron chi connectivity index (χ1n) is 9.07. The van der Waals surface area contributed by atoms with E-state index < -0.39 is 0 Å². The topological polar surface area (TPSA) is 81.9 Å². The first-order valence-corrected chi connectivity index (χ1v) is 9.07. The number of hydrogen-bond donors (Lipinski definition) is 1. The zero-order valence-corrected chi connectivity index (χ0v) is 16.0. The number of ether oxygens (including phenoxy) is 1. The Bertz CT molecular complexity index is 1160. The lowest BCUT2D eigenvalue weighted by molar-refractivity contribution is 0.0962. The SMILES string of the molecule is CNC(=O)c1cc(Oc2ncccc2-c2ccnc(C)c2)cc(-n2cccn2)c1. The summed E-state index contributed by atoms with van der Waals surface area (Å²) in [5, 5.41) is 6.88. The number of aryl methyl sites for hydroxylation is 1. The molecular weight excluding hydrogens is 366 g/mol. The molecule has 3 heterocycles. The molecule has 1 N–H and O–H groups in total. The van der Waals surface area contributed by atoms with Crippen molar-refractivity contribution in [1.29, 1.82) is 0 Å². The van der Waals surface area contributed by atoms with Gasteiger partial charge in [0.1, 0.15) is 5.75 Å². The van der Waals surface area contributed by atoms with Crippen LogP contribution in [0, 0.1) is 6.92 Å². The molecule has 0 saturated carbocycles. The number of benzene rings is 1. The fourth-order valence-electron chi connectivity index (χ4n) is 2.99. The molecule has 3 aromatic heterocycles. The summed E-state index contributed by atoms with van der Waals surface area (Å²) in [4.78, 5) is 20.9. The molecule has 4 rings (SSSR count). The third kappa shape index (κ3) is 3.98. The standard InChI is InChI=1S/C22H19N5O2/c1-15-11-16(6-9-24-15)20-5-3-7-25-22(20)29-19-13-17(21(28)23-2)12-18(14-19)27-10-4-8-26-27/h3-14H,1-2H3,(H,23,28). The monoisotopic (exact) mass is 385 g/mol. The van der Waals surface area contributed by atoms with Crippen molar-refractivity contribution in [2.24, 2.45) is 0 Å². The molecule has 7 nitrogen and oxygen atoms in total. The smallest absolute Gasteiger partial charge is 0.251 e. The number of hydrogen-bond acceptors (Lipinski definition) is 5. The van der Waals surface area contributed by atoms with Gasteiger partial charge in [0.2, 0.25) is 5.88 Å². The Morgan fingerprint density at radius 1 is 1.03 bits per heavy atom. The number of aromatic nitrogens is 4. The molecule has 0 saturated heterocycles. The van der Waals surface area contributed by atoms with Gasteiger partial charge in [0.25, 0.3) is 5.91 Å². The van der Waals surface area contributed by atoms with Crippen molar-refractivity contribution in [3.05, 3.63) is 84.6 Å². The predicted molar refractivity (Wildman–Crippen MR) is 109 cm³/mol. The molecular formula is C22H19N5O2. The van der Waals surface area contributed by atoms with Crippen LogP contribution in [0.5, 0.6) is 11.6 Å². The van der Waals surface area contributed by atoms with Crippen LogP contribution < -0.4 is 10.1 Å². The Hall–Kier alpha value is -4.00. The molecule has 0 bridgehead atoms. The van der Waals surface area contributed by atoms with E-state index in [0.717, 1.165) is 16.8 Å². The summed E-state index contributed by atoms with van der Waals surface area (Å²) in [6.45, 7) is 1.93. The van der Waals surface area contributed by atoms with Crippen LogP contribution in [-0.4, -0.2) is 32.7 Å². The first kappa shape index (κ1) is 18.4. The minimum Gasteiger partial charge on any atom is -0.438 e. The lowest BCUT2D eigenvalue weighted by atomic mass is 10.1. The molecule has 0 atom stereocenters. The second-order valence-electron chi connectivity index (χ2n) is 6.39. The second kappa shape index (κ2) is 7.93. The van der Waals surface area contributed by atoms with E-state index in [1.165, 1.54) is 0 Å². The van der Waals surface area contributed by atoms with Gasteiger partial charge < -0.3 is 10.1 Å². The average Bonchev–Trinajstić information content (AvgIpc) is 3.28. The molecule has 0 unspecified atom stereocenters. The highest BCUT2D eigenvalue weighted by Crippen LogP contribution is 2.32. The van der Waals surface area contributed by atoms with Gasteiger partial charge in [-0.15, -0.1) is 0 Å². The second-order valence-corrected chi connectivity index (χ2v) is 6.39. The van der Waals surface area contributed by atoms with Crippen LogP contribution in [0.3, 0.4) is 0 Å². The van der Waals surface area contributed by atoms with Crippen molar-refractivity contribution in [3.8, 4) is 28.4 Å². The summed E-state index contributed by atoms with van der Waals surface area (Å²) in [5.41, 5.74) is 3.87. The molecule has 0 radical (unpaired) electrons. The van der Waals surface area contributed by atoms with Crippen molar-refractivity contribution in [2.75, 3.05) is 7.05 Å². The molecule has 144 valence electrons. The average molecular weight is 385 g/mol. The lowest BCUT2D eigenvalue weighted by Crippen LogP contribution is -2.18. The third-order valence-corrected chi connectivity index (χ3v) is 4.34. The van der Waals surface area contributed by atoms with E-state index in [1.54, 1.807) is 48.6 Å². The Morgan fingerprint density at radius 3 is 2.69 bits per heavy atom. The van der Waals surface area contributed by atoms with Crippen molar-refractivity contribution in [3.63, 3.8) is 0 Å². The maximum atomic E-state index is 12.2. The number of rotatable bonds is 5. The van der Waals surface area contributed by atoms with Gasteiger partial charge in [-0.25, -0.2) is 9.67 Å². The highest BCUT2D eigenvalue weighted by Gasteiger charge is 2.13. The van der Waals surface area contributed by atoms with Gasteiger partial charge in [-0.2, -0.15) is 5.10 Å². The first-order chi connectivity index (χ1) is 14.1. The Balaban J connectivity index is 1.77. The van der Waals surface area contributed by atoms with Gasteiger partial charge in [-0.1, -0.05) is 0 Å². The van der Waals surface area contributed by atoms with Crippen LogP contribution in [-0.2, 0) is 0 Å². The fourth-order valence-corrected chi connectivity index (χ4v) is 2.99. The summed E-state index contributed by atoms with van der Waals surface area (Å²) in [7, 11) is 1.59. The molecule has 0 aliphatic carbocycles. The zero-order chi connectivity index (χ0) is 20.2. The van der Waals surface area contributed by atoms with E-state index in [0.29, 0.717) is 22.9 Å². The number of nitrogens with one attached hydrogen (secondary N) is 1. The molecule has 1 aromatic carbocycles. The van der Waals surface area contributed by atoms with E-state index in [1.807, 2.05) is 43.3 Å². The molecule has 0 aliphatic heterocycles. The summed E-state index contributed by atoms with van der Waals surface area (Å²) in [6.07, 6.45) is 6.90. The van der Waals surface area contributed by atoms with E-state index >= 15 is 0 Å². The minimum absolute atomic E-state index is 0.213. The van der Waals surface area contributed by atoms with Gasteiger partial charge in [0.05, 0.1) is 5.69 Å². The summed E-state index contributed by atoms with van der Waals surface area (Å²) < 4.78 is 7.80. The molecule has 29 heavy (non-hydrogen) atoms. The molecule has 0 spiro atoms. The van der Waals surface area contributed by atoms with E-state index in [2.05, 4.69) is 20.4 Å². The summed E-state index contributed by atoms with van der Waals surface area (Å²) >= 11 is 0. The van der Waals surface area contributed by atoms with Crippen molar-refractivity contribution in [1.82, 2.24) is 25.1 Å². The maximum absolute atomic E-state index is 12.2. The van der Waals surface area contributed by atoms with Crippen LogP contribution in [0.25, 0.3) is 16.8 Å². The van der Waals surface area contributed by atoms with Crippen LogP contribution in [0.1, 0.15) is 16.1 Å². The van der Waals surface area contributed by atoms with Crippen LogP contribution in [0.15, 0.2) is 73.3 Å². The zero-order valence-electron chi connectivity index (χ0n) is 16.0. The maximum Gasteiger partial charge on any atom is 0.251 e. The number of carbonyl (C=O) groups is 1. The van der Waals surface area contributed by atoms with Gasteiger partial charge in [0.15, 0.2) is 0 Å². The van der Waals surface area contributed by atoms with Gasteiger partial charge >= 0.3 is 0 Å². The Labute approximate surface area is 168 Å².